The first-order chi connectivity index (χ1) is 7.84. The number of carbonyl (C=O) groups excluding carboxylic acids is 1. The van der Waals surface area contributed by atoms with Gasteiger partial charge in [0.05, 0.1) is 0 Å². The van der Waals surface area contributed by atoms with Gasteiger partial charge in [0.25, 0.3) is 0 Å². The van der Waals surface area contributed by atoms with Crippen LogP contribution in [0.4, 0.5) is 0 Å². The van der Waals surface area contributed by atoms with Crippen LogP contribution < -0.4 is 10.7 Å². The molecule has 1 amide bonds. The molecule has 1 aromatic heterocycles. The normalized spacial score (nSPS) is 20.6. The Kier molecular flexibility index (Phi) is 3.99. The highest BCUT2D eigenvalue weighted by molar-refractivity contribution is 5.83. The minimum Gasteiger partial charge on any atom is -0.314 e. The monoisotopic (exact) mass is 221 g/mol. The van der Waals surface area contributed by atoms with Crippen molar-refractivity contribution in [2.24, 2.45) is 0 Å². The molecule has 1 fully saturated rings. The lowest BCUT2D eigenvalue weighted by molar-refractivity contribution is -0.117. The molecule has 1 unspecified atom stereocenters. The summed E-state index contributed by atoms with van der Waals surface area (Å²) in [6.07, 6.45) is 8.95. The van der Waals surface area contributed by atoms with Gasteiger partial charge in [0.15, 0.2) is 0 Å². The molecule has 0 spiro atoms. The van der Waals surface area contributed by atoms with E-state index in [0.717, 1.165) is 13.0 Å². The van der Waals surface area contributed by atoms with Crippen LogP contribution in [0.3, 0.4) is 0 Å². The van der Waals surface area contributed by atoms with E-state index in [1.807, 2.05) is 24.5 Å². The van der Waals surface area contributed by atoms with Crippen LogP contribution in [-0.4, -0.2) is 23.2 Å². The zero-order valence-electron chi connectivity index (χ0n) is 9.48. The third-order valence-corrected chi connectivity index (χ3v) is 2.99. The van der Waals surface area contributed by atoms with Crippen molar-refractivity contribution < 1.29 is 4.79 Å². The molecular weight excluding hydrogens is 202 g/mol. The number of amides is 1. The first-order valence-electron chi connectivity index (χ1n) is 6.01. The molecule has 1 atom stereocenters. The van der Waals surface area contributed by atoms with Gasteiger partial charge < -0.3 is 5.32 Å². The van der Waals surface area contributed by atoms with Gasteiger partial charge in [-0.15, -0.1) is 0 Å². The summed E-state index contributed by atoms with van der Waals surface area (Å²) in [5.74, 6) is 0.0866. The predicted octanol–water partition coefficient (Wildman–Crippen LogP) is 1.48. The molecule has 1 aliphatic rings. The van der Waals surface area contributed by atoms with Gasteiger partial charge >= 0.3 is 0 Å². The molecule has 88 valence electrons. The molecule has 0 saturated carbocycles. The maximum Gasteiger partial charge on any atom is 0.238 e. The summed E-state index contributed by atoms with van der Waals surface area (Å²) >= 11 is 0. The van der Waals surface area contributed by atoms with E-state index in [-0.39, 0.29) is 5.91 Å². The van der Waals surface area contributed by atoms with E-state index in [0.29, 0.717) is 12.5 Å². The number of piperidine rings is 1. The molecule has 0 aromatic carbocycles. The highest BCUT2D eigenvalue weighted by atomic mass is 16.2. The fraction of sp³-hybridized carbons (Fsp3) is 0.583. The Morgan fingerprint density at radius 2 is 2.19 bits per heavy atom. The van der Waals surface area contributed by atoms with E-state index >= 15 is 0 Å². The van der Waals surface area contributed by atoms with Crippen molar-refractivity contribution in [2.75, 3.05) is 12.0 Å². The second-order valence-electron chi connectivity index (χ2n) is 4.31. The molecule has 0 aliphatic carbocycles. The minimum atomic E-state index is 0.0866. The van der Waals surface area contributed by atoms with Crippen molar-refractivity contribution >= 4 is 5.91 Å². The summed E-state index contributed by atoms with van der Waals surface area (Å²) in [6.45, 7) is 1.10. The van der Waals surface area contributed by atoms with Gasteiger partial charge in [-0.3, -0.25) is 14.9 Å². The Balaban J connectivity index is 1.67. The Bertz CT molecular complexity index is 315. The second kappa shape index (κ2) is 5.70. The number of carbonyl (C=O) groups is 1. The standard InChI is InChI=1S/C12H19N3O/c16-12(14-15-9-3-4-10-15)7-6-11-5-1-2-8-13-11/h3-4,9-11,13H,1-2,5-8H2,(H,14,16). The zero-order valence-corrected chi connectivity index (χ0v) is 9.48. The average molecular weight is 221 g/mol. The van der Waals surface area contributed by atoms with Crippen molar-refractivity contribution in [1.82, 2.24) is 9.99 Å². The van der Waals surface area contributed by atoms with Crippen LogP contribution in [0.5, 0.6) is 0 Å². The van der Waals surface area contributed by atoms with Crippen molar-refractivity contribution in [3.8, 4) is 0 Å². The third-order valence-electron chi connectivity index (χ3n) is 2.99. The Morgan fingerprint density at radius 3 is 2.88 bits per heavy atom. The van der Waals surface area contributed by atoms with Gasteiger partial charge in [-0.2, -0.15) is 0 Å². The first-order valence-corrected chi connectivity index (χ1v) is 6.01. The molecule has 2 rings (SSSR count). The number of nitrogens with zero attached hydrogens (tertiary/aromatic N) is 1. The SMILES string of the molecule is O=C(CCC1CCCCN1)Nn1cccc1. The topological polar surface area (TPSA) is 46.1 Å². The quantitative estimate of drug-likeness (QED) is 0.809. The second-order valence-corrected chi connectivity index (χ2v) is 4.31. The van der Waals surface area contributed by atoms with Crippen molar-refractivity contribution in [3.05, 3.63) is 24.5 Å². The highest BCUT2D eigenvalue weighted by Crippen LogP contribution is 2.11. The van der Waals surface area contributed by atoms with Crippen molar-refractivity contribution in [1.29, 1.82) is 0 Å². The molecule has 1 aromatic rings. The lowest BCUT2D eigenvalue weighted by Gasteiger charge is -2.23. The summed E-state index contributed by atoms with van der Waals surface area (Å²) in [4.78, 5) is 11.6. The van der Waals surface area contributed by atoms with Crippen molar-refractivity contribution in [3.63, 3.8) is 0 Å². The van der Waals surface area contributed by atoms with Crippen LogP contribution in [0.2, 0.25) is 0 Å². The van der Waals surface area contributed by atoms with Crippen molar-refractivity contribution in [2.45, 2.75) is 38.1 Å². The molecule has 16 heavy (non-hydrogen) atoms. The summed E-state index contributed by atoms with van der Waals surface area (Å²) in [5, 5.41) is 3.45. The minimum absolute atomic E-state index is 0.0866. The maximum atomic E-state index is 11.6. The predicted molar refractivity (Wildman–Crippen MR) is 63.7 cm³/mol. The third kappa shape index (κ3) is 3.38. The van der Waals surface area contributed by atoms with Crippen LogP contribution >= 0.6 is 0 Å². The summed E-state index contributed by atoms with van der Waals surface area (Å²) in [6, 6.07) is 4.32. The summed E-state index contributed by atoms with van der Waals surface area (Å²) in [7, 11) is 0. The number of hydrogen-bond donors (Lipinski definition) is 2. The van der Waals surface area contributed by atoms with Gasteiger partial charge in [-0.1, -0.05) is 6.42 Å². The van der Waals surface area contributed by atoms with Gasteiger partial charge in [-0.25, -0.2) is 0 Å². The van der Waals surface area contributed by atoms with Crippen LogP contribution in [0, 0.1) is 0 Å². The van der Waals surface area contributed by atoms with Crippen LogP contribution in [0.1, 0.15) is 32.1 Å². The van der Waals surface area contributed by atoms with E-state index in [2.05, 4.69) is 10.7 Å². The van der Waals surface area contributed by atoms with Gasteiger partial charge in [0.2, 0.25) is 5.91 Å². The molecule has 4 heteroatoms. The van der Waals surface area contributed by atoms with E-state index in [1.54, 1.807) is 4.68 Å². The number of aromatic nitrogens is 1. The van der Waals surface area contributed by atoms with Gasteiger partial charge in [0, 0.05) is 24.9 Å². The lowest BCUT2D eigenvalue weighted by atomic mass is 10.0. The van der Waals surface area contributed by atoms with Crippen LogP contribution in [0.15, 0.2) is 24.5 Å². The fourth-order valence-corrected chi connectivity index (χ4v) is 2.08. The Morgan fingerprint density at radius 1 is 1.38 bits per heavy atom. The largest absolute Gasteiger partial charge is 0.314 e. The number of hydrogen-bond acceptors (Lipinski definition) is 2. The molecular formula is C12H19N3O. The Labute approximate surface area is 96.0 Å². The maximum absolute atomic E-state index is 11.6. The summed E-state index contributed by atoms with van der Waals surface area (Å²) in [5.41, 5.74) is 2.81. The van der Waals surface area contributed by atoms with Gasteiger partial charge in [0.1, 0.15) is 0 Å². The van der Waals surface area contributed by atoms with Crippen LogP contribution in [-0.2, 0) is 4.79 Å². The van der Waals surface area contributed by atoms with E-state index < -0.39 is 0 Å². The number of nitrogens with one attached hydrogen (secondary N) is 2. The lowest BCUT2D eigenvalue weighted by Crippen LogP contribution is -2.35. The number of rotatable bonds is 4. The fourth-order valence-electron chi connectivity index (χ4n) is 2.08. The molecule has 1 aliphatic heterocycles. The molecule has 0 radical (unpaired) electrons. The van der Waals surface area contributed by atoms with E-state index in [1.165, 1.54) is 19.3 Å². The Hall–Kier alpha value is -1.29. The van der Waals surface area contributed by atoms with Crippen LogP contribution in [0.25, 0.3) is 0 Å². The molecule has 2 heterocycles. The highest BCUT2D eigenvalue weighted by Gasteiger charge is 2.13. The molecule has 2 N–H and O–H groups in total. The summed E-state index contributed by atoms with van der Waals surface area (Å²) < 4.78 is 1.69. The van der Waals surface area contributed by atoms with E-state index in [9.17, 15) is 4.79 Å². The smallest absolute Gasteiger partial charge is 0.238 e. The average Bonchev–Trinajstić information content (AvgIpc) is 2.81. The molecule has 1 saturated heterocycles. The first kappa shape index (κ1) is 11.2. The van der Waals surface area contributed by atoms with Gasteiger partial charge in [-0.05, 0) is 37.9 Å². The zero-order chi connectivity index (χ0) is 11.2. The molecule has 0 bridgehead atoms. The van der Waals surface area contributed by atoms with E-state index in [4.69, 9.17) is 0 Å². The molecule has 4 nitrogen and oxygen atoms in total.